The number of nitrogens with zero attached hydrogens (tertiary/aromatic N) is 1. The summed E-state index contributed by atoms with van der Waals surface area (Å²) >= 11 is 11.7. The average Bonchev–Trinajstić information content (AvgIpc) is 2.66. The van der Waals surface area contributed by atoms with Crippen molar-refractivity contribution in [2.24, 2.45) is 0 Å². The summed E-state index contributed by atoms with van der Waals surface area (Å²) in [7, 11) is 0. The van der Waals surface area contributed by atoms with Gasteiger partial charge in [-0.1, -0.05) is 30.1 Å². The number of likely N-dealkylation sites (tertiary alicyclic amines) is 1. The third-order valence-electron chi connectivity index (χ3n) is 4.35. The SMILES string of the molecule is CC[C@H]1CCCCN1C(=O)COC(=O)CNC(=O)c1ccc(Cl)c(Cl)c1. The summed E-state index contributed by atoms with van der Waals surface area (Å²) in [5, 5.41) is 3.02. The molecule has 26 heavy (non-hydrogen) atoms. The molecule has 142 valence electrons. The van der Waals surface area contributed by atoms with Crippen molar-refractivity contribution in [3.63, 3.8) is 0 Å². The van der Waals surface area contributed by atoms with Crippen LogP contribution < -0.4 is 5.32 Å². The highest BCUT2D eigenvalue weighted by Gasteiger charge is 2.25. The molecule has 0 aliphatic carbocycles. The van der Waals surface area contributed by atoms with E-state index in [1.807, 2.05) is 6.92 Å². The fourth-order valence-corrected chi connectivity index (χ4v) is 3.22. The monoisotopic (exact) mass is 400 g/mol. The van der Waals surface area contributed by atoms with E-state index in [4.69, 9.17) is 27.9 Å². The van der Waals surface area contributed by atoms with E-state index in [1.165, 1.54) is 18.2 Å². The lowest BCUT2D eigenvalue weighted by molar-refractivity contribution is -0.152. The lowest BCUT2D eigenvalue weighted by Crippen LogP contribution is -2.45. The molecule has 1 fully saturated rings. The number of hydrogen-bond acceptors (Lipinski definition) is 4. The number of ether oxygens (including phenoxy) is 1. The maximum absolute atomic E-state index is 12.2. The van der Waals surface area contributed by atoms with E-state index in [1.54, 1.807) is 4.90 Å². The highest BCUT2D eigenvalue weighted by atomic mass is 35.5. The molecule has 0 radical (unpaired) electrons. The molecule has 6 nitrogen and oxygen atoms in total. The minimum absolute atomic E-state index is 0.194. The van der Waals surface area contributed by atoms with Crippen LogP contribution in [0.15, 0.2) is 18.2 Å². The summed E-state index contributed by atoms with van der Waals surface area (Å²) in [6, 6.07) is 4.62. The Bertz CT molecular complexity index is 681. The topological polar surface area (TPSA) is 75.7 Å². The molecule has 1 saturated heterocycles. The van der Waals surface area contributed by atoms with Crippen LogP contribution in [-0.4, -0.2) is 48.4 Å². The maximum Gasteiger partial charge on any atom is 0.325 e. The Morgan fingerprint density at radius 2 is 2.00 bits per heavy atom. The first kappa shape index (κ1) is 20.5. The van der Waals surface area contributed by atoms with E-state index in [9.17, 15) is 14.4 Å². The van der Waals surface area contributed by atoms with Gasteiger partial charge in [0.05, 0.1) is 10.0 Å². The molecule has 1 heterocycles. The van der Waals surface area contributed by atoms with Crippen LogP contribution in [0.25, 0.3) is 0 Å². The minimum atomic E-state index is -0.670. The number of benzene rings is 1. The summed E-state index contributed by atoms with van der Waals surface area (Å²) < 4.78 is 4.99. The first-order valence-corrected chi connectivity index (χ1v) is 9.36. The average molecular weight is 401 g/mol. The van der Waals surface area contributed by atoms with Gasteiger partial charge in [0.15, 0.2) is 6.61 Å². The van der Waals surface area contributed by atoms with Crippen LogP contribution in [0.3, 0.4) is 0 Å². The Kier molecular flexibility index (Phi) is 7.72. The second-order valence-corrected chi connectivity index (χ2v) is 6.93. The van der Waals surface area contributed by atoms with Crippen molar-refractivity contribution in [3.8, 4) is 0 Å². The lowest BCUT2D eigenvalue weighted by atomic mass is 10.00. The largest absolute Gasteiger partial charge is 0.454 e. The number of piperidine rings is 1. The van der Waals surface area contributed by atoms with Crippen LogP contribution in [0.2, 0.25) is 10.0 Å². The molecule has 1 atom stereocenters. The molecule has 1 aromatic carbocycles. The van der Waals surface area contributed by atoms with Crippen LogP contribution in [0.1, 0.15) is 43.0 Å². The lowest BCUT2D eigenvalue weighted by Gasteiger charge is -2.35. The van der Waals surface area contributed by atoms with E-state index in [2.05, 4.69) is 5.32 Å². The normalized spacial score (nSPS) is 16.9. The second kappa shape index (κ2) is 9.78. The standard InChI is InChI=1S/C18H22Cl2N2O4/c1-2-13-5-3-4-8-22(13)16(23)11-26-17(24)10-21-18(25)12-6-7-14(19)15(20)9-12/h6-7,9,13H,2-5,8,10-11H2,1H3,(H,21,25)/t13-/m0/s1. The number of halogens is 2. The van der Waals surface area contributed by atoms with Gasteiger partial charge < -0.3 is 15.0 Å². The molecular weight excluding hydrogens is 379 g/mol. The molecule has 2 amide bonds. The Balaban J connectivity index is 1.76. The van der Waals surface area contributed by atoms with Crippen LogP contribution in [0.5, 0.6) is 0 Å². The molecular formula is C18H22Cl2N2O4. The van der Waals surface area contributed by atoms with E-state index in [0.717, 1.165) is 25.7 Å². The van der Waals surface area contributed by atoms with Crippen LogP contribution in [0, 0.1) is 0 Å². The molecule has 0 saturated carbocycles. The molecule has 0 unspecified atom stereocenters. The fraction of sp³-hybridized carbons (Fsp3) is 0.500. The van der Waals surface area contributed by atoms with Gasteiger partial charge in [-0.2, -0.15) is 0 Å². The van der Waals surface area contributed by atoms with Gasteiger partial charge >= 0.3 is 5.97 Å². The van der Waals surface area contributed by atoms with Crippen molar-refractivity contribution in [2.45, 2.75) is 38.6 Å². The number of amides is 2. The quantitative estimate of drug-likeness (QED) is 0.744. The summed E-state index contributed by atoms with van der Waals surface area (Å²) in [6.45, 7) is 2.10. The summed E-state index contributed by atoms with van der Waals surface area (Å²) in [6.07, 6.45) is 3.95. The van der Waals surface area contributed by atoms with Gasteiger partial charge in [0.1, 0.15) is 6.54 Å². The number of nitrogens with one attached hydrogen (secondary N) is 1. The second-order valence-electron chi connectivity index (χ2n) is 6.12. The molecule has 1 aromatic rings. The van der Waals surface area contributed by atoms with E-state index >= 15 is 0 Å². The molecule has 2 rings (SSSR count). The van der Waals surface area contributed by atoms with Crippen molar-refractivity contribution < 1.29 is 19.1 Å². The number of rotatable bonds is 6. The Labute approximate surface area is 162 Å². The van der Waals surface area contributed by atoms with Crippen molar-refractivity contribution in [1.82, 2.24) is 10.2 Å². The molecule has 1 aliphatic heterocycles. The van der Waals surface area contributed by atoms with E-state index in [0.29, 0.717) is 11.6 Å². The van der Waals surface area contributed by atoms with Gasteiger partial charge in [-0.3, -0.25) is 14.4 Å². The number of carbonyl (C=O) groups excluding carboxylic acids is 3. The molecule has 0 aromatic heterocycles. The Hall–Kier alpha value is -1.79. The molecule has 8 heteroatoms. The first-order chi connectivity index (χ1) is 12.4. The third-order valence-corrected chi connectivity index (χ3v) is 5.09. The van der Waals surface area contributed by atoms with Crippen molar-refractivity contribution in [1.29, 1.82) is 0 Å². The molecule has 1 N–H and O–H groups in total. The van der Waals surface area contributed by atoms with Crippen LogP contribution in [-0.2, 0) is 14.3 Å². The number of esters is 1. The summed E-state index contributed by atoms with van der Waals surface area (Å²) in [5.41, 5.74) is 0.280. The molecule has 1 aliphatic rings. The third kappa shape index (κ3) is 5.61. The van der Waals surface area contributed by atoms with Gasteiger partial charge in [-0.05, 0) is 43.9 Å². The van der Waals surface area contributed by atoms with Crippen LogP contribution >= 0.6 is 23.2 Å². The van der Waals surface area contributed by atoms with Crippen molar-refractivity contribution >= 4 is 41.0 Å². The first-order valence-electron chi connectivity index (χ1n) is 8.60. The van der Waals surface area contributed by atoms with Gasteiger partial charge in [-0.15, -0.1) is 0 Å². The van der Waals surface area contributed by atoms with E-state index < -0.39 is 11.9 Å². The maximum atomic E-state index is 12.2. The smallest absolute Gasteiger partial charge is 0.325 e. The predicted octanol–water partition coefficient (Wildman–Crippen LogP) is 3.06. The van der Waals surface area contributed by atoms with E-state index in [-0.39, 0.29) is 35.7 Å². The summed E-state index contributed by atoms with van der Waals surface area (Å²) in [5.74, 6) is -1.34. The van der Waals surface area contributed by atoms with Gasteiger partial charge in [0.25, 0.3) is 11.8 Å². The van der Waals surface area contributed by atoms with Gasteiger partial charge in [-0.25, -0.2) is 0 Å². The van der Waals surface area contributed by atoms with Crippen LogP contribution in [0.4, 0.5) is 0 Å². The Morgan fingerprint density at radius 1 is 1.23 bits per heavy atom. The highest BCUT2D eigenvalue weighted by Crippen LogP contribution is 2.22. The van der Waals surface area contributed by atoms with Gasteiger partial charge in [0.2, 0.25) is 0 Å². The van der Waals surface area contributed by atoms with Gasteiger partial charge in [0, 0.05) is 18.2 Å². The zero-order valence-corrected chi connectivity index (χ0v) is 16.1. The number of carbonyl (C=O) groups is 3. The summed E-state index contributed by atoms with van der Waals surface area (Å²) in [4.78, 5) is 37.8. The Morgan fingerprint density at radius 3 is 2.69 bits per heavy atom. The fourth-order valence-electron chi connectivity index (χ4n) is 2.92. The zero-order valence-electron chi connectivity index (χ0n) is 14.6. The molecule has 0 spiro atoms. The predicted molar refractivity (Wildman–Crippen MR) is 99.4 cm³/mol. The zero-order chi connectivity index (χ0) is 19.1. The number of hydrogen-bond donors (Lipinski definition) is 1. The van der Waals surface area contributed by atoms with Crippen molar-refractivity contribution in [2.75, 3.05) is 19.7 Å². The van der Waals surface area contributed by atoms with Crippen molar-refractivity contribution in [3.05, 3.63) is 33.8 Å². The highest BCUT2D eigenvalue weighted by molar-refractivity contribution is 6.42. The minimum Gasteiger partial charge on any atom is -0.454 e. The molecule has 0 bridgehead atoms.